The lowest BCUT2D eigenvalue weighted by Gasteiger charge is -2.14. The van der Waals surface area contributed by atoms with Crippen LogP contribution in [0.5, 0.6) is 0 Å². The first-order chi connectivity index (χ1) is 10.3. The topological polar surface area (TPSA) is 0 Å². The highest BCUT2D eigenvalue weighted by molar-refractivity contribution is 6.43. The normalized spacial score (nSPS) is 12.0. The maximum atomic E-state index is 6.55. The summed E-state index contributed by atoms with van der Waals surface area (Å²) in [5.41, 5.74) is 0. The van der Waals surface area contributed by atoms with Gasteiger partial charge in [-0.2, -0.15) is 0 Å². The van der Waals surface area contributed by atoms with Crippen molar-refractivity contribution in [2.45, 2.75) is 0 Å². The van der Waals surface area contributed by atoms with Gasteiger partial charge in [0.15, 0.2) is 0 Å². The Morgan fingerprint density at radius 1 is 0.667 bits per heavy atom. The van der Waals surface area contributed by atoms with Gasteiger partial charge in [-0.3, -0.25) is 0 Å². The Kier molecular flexibility index (Phi) is 2.09. The average molecular weight is 286 g/mol. The van der Waals surface area contributed by atoms with Crippen LogP contribution in [-0.2, 0) is 0 Å². The molecule has 0 atom stereocenters. The van der Waals surface area contributed by atoms with Crippen molar-refractivity contribution in [3.8, 4) is 0 Å². The Labute approximate surface area is 126 Å². The minimum Gasteiger partial charge on any atom is -0.0836 e. The molecule has 5 aromatic carbocycles. The van der Waals surface area contributed by atoms with E-state index in [-0.39, 0.29) is 0 Å². The maximum Gasteiger partial charge on any atom is 0.0491 e. The van der Waals surface area contributed by atoms with Crippen molar-refractivity contribution < 1.29 is 0 Å². The molecule has 0 fully saturated rings. The second-order valence-electron chi connectivity index (χ2n) is 5.45. The van der Waals surface area contributed by atoms with Crippen LogP contribution in [0.15, 0.2) is 60.7 Å². The first-order valence-electron chi connectivity index (χ1n) is 7.00. The van der Waals surface area contributed by atoms with Gasteiger partial charge in [0.1, 0.15) is 0 Å². The zero-order valence-corrected chi connectivity index (χ0v) is 11.9. The summed E-state index contributed by atoms with van der Waals surface area (Å²) in [5, 5.41) is 10.6. The van der Waals surface area contributed by atoms with Gasteiger partial charge in [-0.25, -0.2) is 0 Å². The summed E-state index contributed by atoms with van der Waals surface area (Å²) < 4.78 is 0. The number of benzene rings is 5. The summed E-state index contributed by atoms with van der Waals surface area (Å²) in [4.78, 5) is 0. The molecule has 1 heteroatoms. The van der Waals surface area contributed by atoms with Crippen molar-refractivity contribution in [1.29, 1.82) is 0 Å². The fraction of sp³-hybridized carbons (Fsp3) is 0. The number of hydrogen-bond donors (Lipinski definition) is 0. The third-order valence-electron chi connectivity index (χ3n) is 4.37. The lowest BCUT2D eigenvalue weighted by atomic mass is 9.90. The zero-order valence-electron chi connectivity index (χ0n) is 11.2. The second-order valence-corrected chi connectivity index (χ2v) is 5.86. The fourth-order valence-electron chi connectivity index (χ4n) is 3.52. The van der Waals surface area contributed by atoms with Gasteiger partial charge in [0, 0.05) is 10.4 Å². The molecule has 0 aliphatic heterocycles. The van der Waals surface area contributed by atoms with Gasteiger partial charge in [0.05, 0.1) is 0 Å². The highest BCUT2D eigenvalue weighted by Gasteiger charge is 2.14. The molecule has 0 aliphatic carbocycles. The van der Waals surface area contributed by atoms with E-state index in [4.69, 9.17) is 11.6 Å². The van der Waals surface area contributed by atoms with Crippen LogP contribution >= 0.6 is 11.6 Å². The van der Waals surface area contributed by atoms with Crippen molar-refractivity contribution in [2.24, 2.45) is 0 Å². The van der Waals surface area contributed by atoms with E-state index in [1.54, 1.807) is 0 Å². The molecule has 21 heavy (non-hydrogen) atoms. The van der Waals surface area contributed by atoms with Crippen LogP contribution in [0.3, 0.4) is 0 Å². The number of rotatable bonds is 0. The molecule has 0 bridgehead atoms. The summed E-state index contributed by atoms with van der Waals surface area (Å²) in [6.45, 7) is 0. The van der Waals surface area contributed by atoms with Crippen LogP contribution in [0.2, 0.25) is 5.02 Å². The largest absolute Gasteiger partial charge is 0.0836 e. The standard InChI is InChI=1S/C20H10Cl/c21-17-11-10-13-6-2-8-15-14-7-1-4-12-5-3-9-16(18(12)14)20(17)19(13)15/h1-7,9-11H. The zero-order chi connectivity index (χ0) is 14.0. The molecule has 0 saturated heterocycles. The van der Waals surface area contributed by atoms with Crippen molar-refractivity contribution in [3.63, 3.8) is 0 Å². The molecule has 0 heterocycles. The second kappa shape index (κ2) is 3.87. The summed E-state index contributed by atoms with van der Waals surface area (Å²) in [6.07, 6.45) is 0. The molecule has 0 amide bonds. The van der Waals surface area contributed by atoms with Gasteiger partial charge >= 0.3 is 0 Å². The molecule has 5 aromatic rings. The predicted molar refractivity (Wildman–Crippen MR) is 91.5 cm³/mol. The third kappa shape index (κ3) is 1.36. The molecule has 0 aliphatic rings. The van der Waals surface area contributed by atoms with E-state index >= 15 is 0 Å². The Morgan fingerprint density at radius 2 is 1.43 bits per heavy atom. The van der Waals surface area contributed by atoms with Gasteiger partial charge in [-0.15, -0.1) is 0 Å². The number of hydrogen-bond acceptors (Lipinski definition) is 0. The minimum atomic E-state index is 0.811. The van der Waals surface area contributed by atoms with Crippen LogP contribution in [0.4, 0.5) is 0 Å². The molecular formula is C20H10Cl. The quantitative estimate of drug-likeness (QED) is 0.235. The van der Waals surface area contributed by atoms with Crippen LogP contribution < -0.4 is 0 Å². The molecule has 0 aromatic heterocycles. The van der Waals surface area contributed by atoms with E-state index in [9.17, 15) is 0 Å². The average Bonchev–Trinajstić information content (AvgIpc) is 2.53. The fourth-order valence-corrected chi connectivity index (χ4v) is 3.78. The van der Waals surface area contributed by atoms with Crippen molar-refractivity contribution in [2.75, 3.05) is 0 Å². The van der Waals surface area contributed by atoms with Crippen LogP contribution in [0.25, 0.3) is 43.1 Å². The van der Waals surface area contributed by atoms with Gasteiger partial charge in [0.25, 0.3) is 0 Å². The summed E-state index contributed by atoms with van der Waals surface area (Å²) in [6, 6.07) is 24.5. The molecule has 0 N–H and O–H groups in total. The summed E-state index contributed by atoms with van der Waals surface area (Å²) >= 11 is 6.55. The Hall–Kier alpha value is -2.31. The van der Waals surface area contributed by atoms with Crippen molar-refractivity contribution in [1.82, 2.24) is 0 Å². The smallest absolute Gasteiger partial charge is 0.0491 e. The number of fused-ring (bicyclic) bond motifs is 2. The molecule has 0 saturated carbocycles. The monoisotopic (exact) mass is 285 g/mol. The number of halogens is 1. The molecule has 0 nitrogen and oxygen atoms in total. The maximum absolute atomic E-state index is 6.55. The molecule has 0 spiro atoms. The van der Waals surface area contributed by atoms with E-state index in [0.29, 0.717) is 0 Å². The SMILES string of the molecule is Clc1ccc2cc[c]c3c4cccc5cccc(c1c23)c54. The van der Waals surface area contributed by atoms with Gasteiger partial charge < -0.3 is 0 Å². The Bertz CT molecular complexity index is 1130. The van der Waals surface area contributed by atoms with Crippen molar-refractivity contribution in [3.05, 3.63) is 71.8 Å². The Balaban J connectivity index is 2.32. The summed E-state index contributed by atoms with van der Waals surface area (Å²) in [5.74, 6) is 0. The molecule has 97 valence electrons. The highest BCUT2D eigenvalue weighted by atomic mass is 35.5. The lowest BCUT2D eigenvalue weighted by molar-refractivity contribution is 1.77. The first-order valence-corrected chi connectivity index (χ1v) is 7.38. The first kappa shape index (κ1) is 11.4. The minimum absolute atomic E-state index is 0.811. The van der Waals surface area contributed by atoms with E-state index in [1.807, 2.05) is 12.1 Å². The van der Waals surface area contributed by atoms with Gasteiger partial charge in [0.2, 0.25) is 0 Å². The molecule has 1 radical (unpaired) electrons. The van der Waals surface area contributed by atoms with Gasteiger partial charge in [-0.05, 0) is 49.8 Å². The van der Waals surface area contributed by atoms with Crippen LogP contribution in [-0.4, -0.2) is 0 Å². The highest BCUT2D eigenvalue weighted by Crippen LogP contribution is 2.42. The summed E-state index contributed by atoms with van der Waals surface area (Å²) in [7, 11) is 0. The third-order valence-corrected chi connectivity index (χ3v) is 4.69. The predicted octanol–water partition coefficient (Wildman–Crippen LogP) is 6.19. The molecular weight excluding hydrogens is 276 g/mol. The van der Waals surface area contributed by atoms with Gasteiger partial charge in [-0.1, -0.05) is 66.2 Å². The Morgan fingerprint density at radius 3 is 2.29 bits per heavy atom. The van der Waals surface area contributed by atoms with E-state index in [1.165, 1.54) is 32.3 Å². The molecule has 5 rings (SSSR count). The lowest BCUT2D eigenvalue weighted by Crippen LogP contribution is -1.87. The van der Waals surface area contributed by atoms with E-state index in [2.05, 4.69) is 54.6 Å². The van der Waals surface area contributed by atoms with Crippen molar-refractivity contribution >= 4 is 54.7 Å². The van der Waals surface area contributed by atoms with Crippen LogP contribution in [0.1, 0.15) is 0 Å². The van der Waals surface area contributed by atoms with E-state index < -0.39 is 0 Å². The van der Waals surface area contributed by atoms with Crippen LogP contribution in [0, 0.1) is 6.07 Å². The van der Waals surface area contributed by atoms with E-state index in [0.717, 1.165) is 15.8 Å². The molecule has 0 unspecified atom stereocenters.